The smallest absolute Gasteiger partial charge is 0.312 e. The summed E-state index contributed by atoms with van der Waals surface area (Å²) in [5, 5.41) is 0. The van der Waals surface area contributed by atoms with Crippen LogP contribution in [0, 0.1) is 22.7 Å². The summed E-state index contributed by atoms with van der Waals surface area (Å²) >= 11 is 0. The van der Waals surface area contributed by atoms with Gasteiger partial charge >= 0.3 is 5.97 Å². The maximum Gasteiger partial charge on any atom is 0.312 e. The Morgan fingerprint density at radius 2 is 1.85 bits per heavy atom. The van der Waals surface area contributed by atoms with Crippen LogP contribution in [0.1, 0.15) is 65.7 Å². The van der Waals surface area contributed by atoms with E-state index in [0.29, 0.717) is 11.8 Å². The lowest BCUT2D eigenvalue weighted by Gasteiger charge is -2.59. The van der Waals surface area contributed by atoms with Crippen molar-refractivity contribution in [2.45, 2.75) is 71.3 Å². The van der Waals surface area contributed by atoms with E-state index in [4.69, 9.17) is 4.74 Å². The molecule has 2 unspecified atom stereocenters. The van der Waals surface area contributed by atoms with Gasteiger partial charge in [0.05, 0.1) is 5.41 Å². The lowest BCUT2D eigenvalue weighted by molar-refractivity contribution is -0.207. The molecule has 0 amide bonds. The molecule has 2 atom stereocenters. The van der Waals surface area contributed by atoms with Crippen LogP contribution in [0.15, 0.2) is 0 Å². The Balaban J connectivity index is 1.82. The van der Waals surface area contributed by atoms with Gasteiger partial charge in [-0.3, -0.25) is 4.79 Å². The molecule has 0 aromatic rings. The summed E-state index contributed by atoms with van der Waals surface area (Å²) in [5.41, 5.74) is -0.951. The fourth-order valence-corrected chi connectivity index (χ4v) is 4.98. The second kappa shape index (κ2) is 4.32. The molecule has 0 aliphatic heterocycles. The first-order valence-corrected chi connectivity index (χ1v) is 8.02. The van der Waals surface area contributed by atoms with Gasteiger partial charge in [0.1, 0.15) is 11.9 Å². The molecular weight excluding hydrogens is 252 g/mol. The van der Waals surface area contributed by atoms with E-state index in [9.17, 15) is 9.59 Å². The molecule has 0 spiro atoms. The van der Waals surface area contributed by atoms with Crippen LogP contribution in [-0.2, 0) is 14.3 Å². The average molecular weight is 278 g/mol. The lowest BCUT2D eigenvalue weighted by Crippen LogP contribution is -2.58. The molecule has 0 N–H and O–H groups in total. The van der Waals surface area contributed by atoms with Crippen molar-refractivity contribution < 1.29 is 14.3 Å². The zero-order valence-electron chi connectivity index (χ0n) is 12.9. The maximum absolute atomic E-state index is 12.5. The minimum absolute atomic E-state index is 0.0806. The van der Waals surface area contributed by atoms with E-state index in [1.54, 1.807) is 0 Å². The number of aldehydes is 1. The van der Waals surface area contributed by atoms with Crippen LogP contribution in [-0.4, -0.2) is 17.9 Å². The third-order valence-electron chi connectivity index (χ3n) is 6.05. The number of rotatable bonds is 4. The molecule has 3 nitrogen and oxygen atoms in total. The Kier molecular flexibility index (Phi) is 3.04. The van der Waals surface area contributed by atoms with Gasteiger partial charge in [-0.1, -0.05) is 6.92 Å². The molecule has 4 rings (SSSR count). The van der Waals surface area contributed by atoms with Crippen LogP contribution in [0.2, 0.25) is 0 Å². The van der Waals surface area contributed by atoms with E-state index in [0.717, 1.165) is 44.8 Å². The Bertz CT molecular complexity index is 424. The normalized spacial score (nSPS) is 42.5. The van der Waals surface area contributed by atoms with Gasteiger partial charge in [-0.2, -0.15) is 0 Å². The molecule has 4 saturated carbocycles. The van der Waals surface area contributed by atoms with Gasteiger partial charge in [-0.05, 0) is 70.6 Å². The molecule has 112 valence electrons. The highest BCUT2D eigenvalue weighted by Crippen LogP contribution is 2.62. The summed E-state index contributed by atoms with van der Waals surface area (Å²) in [6.07, 6.45) is 7.93. The molecule has 20 heavy (non-hydrogen) atoms. The van der Waals surface area contributed by atoms with Crippen molar-refractivity contribution in [3.05, 3.63) is 0 Å². The van der Waals surface area contributed by atoms with Gasteiger partial charge in [-0.15, -0.1) is 0 Å². The maximum atomic E-state index is 12.5. The molecule has 0 saturated heterocycles. The molecular formula is C17H26O3. The SMILES string of the molecule is CCC(C)(C)C(=O)OC12CC3CC(CC(C=O)(C3)C1)C2. The number of hydrogen-bond acceptors (Lipinski definition) is 3. The number of esters is 1. The fourth-order valence-electron chi connectivity index (χ4n) is 4.98. The standard InChI is InChI=1S/C17H26O3/c1-4-15(2,3)14(19)20-17-8-12-5-13(9-17)7-16(6-12,10-17)11-18/h11-13H,4-10H2,1-3H3. The van der Waals surface area contributed by atoms with Crippen molar-refractivity contribution in [1.82, 2.24) is 0 Å². The first-order valence-electron chi connectivity index (χ1n) is 8.02. The third kappa shape index (κ3) is 2.10. The highest BCUT2D eigenvalue weighted by molar-refractivity contribution is 5.76. The topological polar surface area (TPSA) is 43.4 Å². The van der Waals surface area contributed by atoms with Crippen LogP contribution in [0.5, 0.6) is 0 Å². The minimum Gasteiger partial charge on any atom is -0.459 e. The second-order valence-electron chi connectivity index (χ2n) is 8.25. The van der Waals surface area contributed by atoms with Gasteiger partial charge in [0.2, 0.25) is 0 Å². The summed E-state index contributed by atoms with van der Waals surface area (Å²) in [7, 11) is 0. The highest BCUT2D eigenvalue weighted by Gasteiger charge is 2.60. The molecule has 0 heterocycles. The Morgan fingerprint density at radius 1 is 1.25 bits per heavy atom. The monoisotopic (exact) mass is 278 g/mol. The molecule has 3 heteroatoms. The molecule has 4 bridgehead atoms. The predicted molar refractivity (Wildman–Crippen MR) is 76.1 cm³/mol. The number of ether oxygens (including phenoxy) is 1. The van der Waals surface area contributed by atoms with Crippen molar-refractivity contribution in [1.29, 1.82) is 0 Å². The molecule has 4 aliphatic carbocycles. The zero-order chi connectivity index (χ0) is 14.6. The summed E-state index contributed by atoms with van der Waals surface area (Å²) in [5.74, 6) is 1.08. The van der Waals surface area contributed by atoms with Crippen molar-refractivity contribution in [3.63, 3.8) is 0 Å². The summed E-state index contributed by atoms with van der Waals surface area (Å²) in [4.78, 5) is 24.1. The van der Waals surface area contributed by atoms with E-state index >= 15 is 0 Å². The minimum atomic E-state index is -0.419. The lowest BCUT2D eigenvalue weighted by atomic mass is 9.48. The van der Waals surface area contributed by atoms with E-state index in [1.165, 1.54) is 6.42 Å². The quantitative estimate of drug-likeness (QED) is 0.584. The van der Waals surface area contributed by atoms with Gasteiger partial charge in [0.25, 0.3) is 0 Å². The molecule has 0 aromatic carbocycles. The second-order valence-corrected chi connectivity index (χ2v) is 8.25. The van der Waals surface area contributed by atoms with Crippen LogP contribution < -0.4 is 0 Å². The summed E-state index contributed by atoms with van der Waals surface area (Å²) < 4.78 is 6.04. The van der Waals surface area contributed by atoms with E-state index in [1.807, 2.05) is 20.8 Å². The molecule has 4 aliphatic rings. The van der Waals surface area contributed by atoms with Gasteiger partial charge in [-0.25, -0.2) is 0 Å². The number of hydrogen-bond donors (Lipinski definition) is 0. The predicted octanol–water partition coefficient (Wildman–Crippen LogP) is 3.50. The third-order valence-corrected chi connectivity index (χ3v) is 6.05. The average Bonchev–Trinajstić information content (AvgIpc) is 2.36. The van der Waals surface area contributed by atoms with Crippen molar-refractivity contribution in [2.24, 2.45) is 22.7 Å². The molecule has 0 aromatic heterocycles. The van der Waals surface area contributed by atoms with E-state index < -0.39 is 5.41 Å². The van der Waals surface area contributed by atoms with Crippen molar-refractivity contribution in [3.8, 4) is 0 Å². The highest BCUT2D eigenvalue weighted by atomic mass is 16.6. The number of carbonyl (C=O) groups is 2. The number of carbonyl (C=O) groups excluding carboxylic acids is 2. The Morgan fingerprint density at radius 3 is 2.35 bits per heavy atom. The summed E-state index contributed by atoms with van der Waals surface area (Å²) in [6.45, 7) is 5.92. The zero-order valence-corrected chi connectivity index (χ0v) is 12.9. The fraction of sp³-hybridized carbons (Fsp3) is 0.882. The first kappa shape index (κ1) is 14.1. The van der Waals surface area contributed by atoms with Gasteiger partial charge in [0, 0.05) is 5.41 Å². The van der Waals surface area contributed by atoms with Crippen LogP contribution in [0.3, 0.4) is 0 Å². The van der Waals surface area contributed by atoms with Crippen LogP contribution in [0.25, 0.3) is 0 Å². The first-order chi connectivity index (χ1) is 9.32. The van der Waals surface area contributed by atoms with E-state index in [2.05, 4.69) is 0 Å². The van der Waals surface area contributed by atoms with Crippen LogP contribution >= 0.6 is 0 Å². The largest absolute Gasteiger partial charge is 0.459 e. The van der Waals surface area contributed by atoms with E-state index in [-0.39, 0.29) is 17.0 Å². The van der Waals surface area contributed by atoms with Gasteiger partial charge < -0.3 is 9.53 Å². The Labute approximate surface area is 121 Å². The van der Waals surface area contributed by atoms with Crippen molar-refractivity contribution >= 4 is 12.3 Å². The van der Waals surface area contributed by atoms with Gasteiger partial charge in [0.15, 0.2) is 0 Å². The van der Waals surface area contributed by atoms with Crippen molar-refractivity contribution in [2.75, 3.05) is 0 Å². The summed E-state index contributed by atoms with van der Waals surface area (Å²) in [6, 6.07) is 0. The molecule has 0 radical (unpaired) electrons. The Hall–Kier alpha value is -0.860. The molecule has 4 fully saturated rings. The van der Waals surface area contributed by atoms with Crippen LogP contribution in [0.4, 0.5) is 0 Å².